The number of halogens is 2. The molecule has 0 spiro atoms. The molecular weight excluding hydrogens is 687 g/mol. The van der Waals surface area contributed by atoms with E-state index in [4.69, 9.17) is 23.5 Å². The van der Waals surface area contributed by atoms with E-state index in [2.05, 4.69) is 15.3 Å². The van der Waals surface area contributed by atoms with Crippen molar-refractivity contribution >= 4 is 43.8 Å². The summed E-state index contributed by atoms with van der Waals surface area (Å²) in [6.45, 7) is 18.4. The summed E-state index contributed by atoms with van der Waals surface area (Å²) in [4.78, 5) is 10.5. The lowest BCUT2D eigenvalue weighted by Gasteiger charge is -2.25. The number of aryl methyl sites for hydroxylation is 2. The van der Waals surface area contributed by atoms with E-state index < -0.39 is 20.3 Å². The van der Waals surface area contributed by atoms with Gasteiger partial charge in [-0.1, -0.05) is 11.6 Å². The van der Waals surface area contributed by atoms with E-state index in [0.717, 1.165) is 27.8 Å². The molecule has 0 aliphatic rings. The Morgan fingerprint density at radius 3 is 2.35 bits per heavy atom. The first-order chi connectivity index (χ1) is 25.2. The van der Waals surface area contributed by atoms with E-state index in [1.54, 1.807) is 45.7 Å². The van der Waals surface area contributed by atoms with Crippen LogP contribution in [0.4, 0.5) is 15.9 Å². The average Bonchev–Trinajstić information content (AvgIpc) is 3.49. The van der Waals surface area contributed by atoms with Crippen LogP contribution in [0.2, 0.25) is 5.02 Å². The van der Waals surface area contributed by atoms with Crippen molar-refractivity contribution < 1.29 is 26.1 Å². The summed E-state index contributed by atoms with van der Waals surface area (Å²) in [7, 11) is -1.54. The minimum absolute atomic E-state index is 0.0269. The Labute approximate surface area is 310 Å². The summed E-state index contributed by atoms with van der Waals surface area (Å²) in [5.74, 6) is 1.32. The van der Waals surface area contributed by atoms with Gasteiger partial charge in [-0.05, 0) is 145 Å². The molecule has 272 valence electrons. The van der Waals surface area contributed by atoms with Gasteiger partial charge < -0.3 is 19.4 Å². The maximum atomic E-state index is 14.2. The molecule has 8 nitrogen and oxygen atoms in total. The second kappa shape index (κ2) is 14.9. The normalized spacial score (nSPS) is 14.0. The number of fused-ring (bicyclic) bond motifs is 1. The van der Waals surface area contributed by atoms with Gasteiger partial charge in [0.2, 0.25) is 0 Å². The highest BCUT2D eigenvalue weighted by Crippen LogP contribution is 2.41. The number of hydrogen-bond donors (Lipinski definition) is 1. The highest BCUT2D eigenvalue weighted by Gasteiger charge is 2.26. The van der Waals surface area contributed by atoms with Crippen LogP contribution in [0.3, 0.4) is 0 Å². The molecular formula is C40H48ClFN4O4S. The van der Waals surface area contributed by atoms with Crippen molar-refractivity contribution in [3.63, 3.8) is 0 Å². The van der Waals surface area contributed by atoms with Gasteiger partial charge in [-0.15, -0.1) is 0 Å². The largest absolute Gasteiger partial charge is 0.487 e. The molecule has 5 aromatic rings. The van der Waals surface area contributed by atoms with Gasteiger partial charge in [0, 0.05) is 30.2 Å². The Bertz CT molecular complexity index is 2390. The Balaban J connectivity index is 1.55. The maximum absolute atomic E-state index is 14.2. The Hall–Kier alpha value is -3.99. The van der Waals surface area contributed by atoms with E-state index in [-0.39, 0.29) is 60.1 Å². The molecule has 1 N–H and O–H groups in total. The summed E-state index contributed by atoms with van der Waals surface area (Å²) >= 11 is 6.85. The Morgan fingerprint density at radius 2 is 1.67 bits per heavy atom. The summed E-state index contributed by atoms with van der Waals surface area (Å²) in [6.07, 6.45) is -0.310. The van der Waals surface area contributed by atoms with Crippen LogP contribution in [0.5, 0.6) is 5.75 Å². The number of furan rings is 1. The van der Waals surface area contributed by atoms with Crippen LogP contribution >= 0.6 is 11.6 Å². The smallest absolute Gasteiger partial charge is 0.156 e. The van der Waals surface area contributed by atoms with Crippen molar-refractivity contribution in [3.8, 4) is 17.1 Å². The lowest BCUT2D eigenvalue weighted by Crippen LogP contribution is -2.36. The lowest BCUT2D eigenvalue weighted by molar-refractivity contribution is 0.302. The monoisotopic (exact) mass is 737 g/mol. The minimum Gasteiger partial charge on any atom is -0.487 e. The molecule has 0 aliphatic heterocycles. The quantitative estimate of drug-likeness (QED) is 0.135. The van der Waals surface area contributed by atoms with Crippen LogP contribution in [-0.4, -0.2) is 42.5 Å². The van der Waals surface area contributed by atoms with Crippen LogP contribution in [0, 0.1) is 47.4 Å². The zero-order valence-electron chi connectivity index (χ0n) is 34.1. The van der Waals surface area contributed by atoms with E-state index in [1.165, 1.54) is 12.1 Å². The zero-order chi connectivity index (χ0) is 40.1. The minimum atomic E-state index is -3.29. The molecule has 0 saturated heterocycles. The number of aromatic nitrogens is 2. The third kappa shape index (κ3) is 7.64. The summed E-state index contributed by atoms with van der Waals surface area (Å²) in [5.41, 5.74) is 6.47. The Kier molecular flexibility index (Phi) is 9.99. The van der Waals surface area contributed by atoms with Crippen LogP contribution in [0.1, 0.15) is 82.6 Å². The van der Waals surface area contributed by atoms with Crippen LogP contribution < -0.4 is 15.0 Å². The van der Waals surface area contributed by atoms with Gasteiger partial charge in [0.1, 0.15) is 43.2 Å². The van der Waals surface area contributed by atoms with Gasteiger partial charge in [-0.25, -0.2) is 22.8 Å². The molecule has 11 heteroatoms. The number of anilines is 2. The number of hydrogen-bond acceptors (Lipinski definition) is 8. The molecule has 2 aromatic heterocycles. The fraction of sp³-hybridized carbons (Fsp3) is 0.400. The van der Waals surface area contributed by atoms with Gasteiger partial charge in [0.15, 0.2) is 9.84 Å². The number of sulfone groups is 1. The fourth-order valence-corrected chi connectivity index (χ4v) is 7.78. The van der Waals surface area contributed by atoms with Gasteiger partial charge in [0.05, 0.1) is 29.8 Å². The number of ether oxygens (including phenoxy) is 1. The van der Waals surface area contributed by atoms with Crippen LogP contribution in [0.15, 0.2) is 47.1 Å². The van der Waals surface area contributed by atoms with E-state index in [9.17, 15) is 14.2 Å². The predicted molar refractivity (Wildman–Crippen MR) is 206 cm³/mol. The maximum Gasteiger partial charge on any atom is 0.156 e. The van der Waals surface area contributed by atoms with E-state index in [0.29, 0.717) is 44.7 Å². The number of benzene rings is 3. The van der Waals surface area contributed by atoms with Gasteiger partial charge >= 0.3 is 0 Å². The first kappa shape index (κ1) is 34.1. The molecule has 2 heterocycles. The van der Waals surface area contributed by atoms with Gasteiger partial charge in [0.25, 0.3) is 0 Å². The second-order valence-electron chi connectivity index (χ2n) is 13.7. The zero-order valence-corrected chi connectivity index (χ0v) is 32.7. The third-order valence-electron chi connectivity index (χ3n) is 9.79. The van der Waals surface area contributed by atoms with Crippen molar-refractivity contribution in [1.29, 1.82) is 0 Å². The molecule has 5 rings (SSSR count). The average molecular weight is 738 g/mol. The molecule has 51 heavy (non-hydrogen) atoms. The number of nitrogens with one attached hydrogen (secondary N) is 1. The first-order valence-electron chi connectivity index (χ1n) is 18.4. The SMILES string of the molecule is [2H]c1nc(N(C)c2cc(Cl)c(OCc3cc(F)cc(C)c3C)c(C)c2C)c2c([2H])c(-c3cc(C)c(C(C)NCC(C)S(=O)(=O)C(C)C)o3)c(C)c([2H])c2n1. The standard InChI is InChI=1S/C40H48ClFN4O4S/c1-21(2)51(47,48)25(6)18-43-29(10)38-24(5)14-37(50-38)32-16-33-35(13-23(32)4)44-20-45-40(33)46(11)36-17-34(41)39(28(9)27(36)8)49-19-30-15-31(42)12-22(3)26(30)7/h12-17,20-21,25,29,43H,18-19H2,1-11H3/i13D,16D,20D. The molecule has 0 bridgehead atoms. The topological polar surface area (TPSA) is 97.6 Å². The highest BCUT2D eigenvalue weighted by molar-refractivity contribution is 7.92. The van der Waals surface area contributed by atoms with Crippen molar-refractivity contribution in [1.82, 2.24) is 15.3 Å². The lowest BCUT2D eigenvalue weighted by atomic mass is 10.0. The number of nitrogens with zero attached hydrogens (tertiary/aromatic N) is 3. The summed E-state index contributed by atoms with van der Waals surface area (Å²) in [6, 6.07) is 6.21. The molecule has 0 radical (unpaired) electrons. The Morgan fingerprint density at radius 1 is 0.961 bits per heavy atom. The van der Waals surface area contributed by atoms with E-state index >= 15 is 0 Å². The number of rotatable bonds is 12. The fourth-order valence-electron chi connectivity index (χ4n) is 6.22. The van der Waals surface area contributed by atoms with Crippen molar-refractivity contribution in [2.45, 2.75) is 92.4 Å². The van der Waals surface area contributed by atoms with Crippen LogP contribution in [0.25, 0.3) is 22.2 Å². The third-order valence-corrected chi connectivity index (χ3v) is 12.7. The van der Waals surface area contributed by atoms with Crippen LogP contribution in [-0.2, 0) is 16.4 Å². The summed E-state index contributed by atoms with van der Waals surface area (Å²) in [5, 5.41) is 2.78. The molecule has 2 unspecified atom stereocenters. The van der Waals surface area contributed by atoms with Gasteiger partial charge in [-0.3, -0.25) is 0 Å². The molecule has 0 amide bonds. The first-order valence-corrected chi connectivity index (χ1v) is 18.9. The molecule has 2 atom stereocenters. The highest BCUT2D eigenvalue weighted by atomic mass is 35.5. The van der Waals surface area contributed by atoms with Crippen molar-refractivity contribution in [3.05, 3.63) is 98.2 Å². The van der Waals surface area contributed by atoms with Crippen molar-refractivity contribution in [2.75, 3.05) is 18.5 Å². The molecule has 0 saturated carbocycles. The molecule has 0 fully saturated rings. The molecule has 0 aliphatic carbocycles. The van der Waals surface area contributed by atoms with E-state index in [1.807, 2.05) is 47.6 Å². The van der Waals surface area contributed by atoms with Crippen molar-refractivity contribution in [2.24, 2.45) is 0 Å². The molecule has 3 aromatic carbocycles. The summed E-state index contributed by atoms with van der Waals surface area (Å²) < 4.78 is 79.2. The second-order valence-corrected chi connectivity index (χ2v) is 17.0. The predicted octanol–water partition coefficient (Wildman–Crippen LogP) is 9.74. The van der Waals surface area contributed by atoms with Gasteiger partial charge in [-0.2, -0.15) is 0 Å².